The van der Waals surface area contributed by atoms with Crippen LogP contribution in [0.1, 0.15) is 4.88 Å². The standard InChI is InChI=1S/C16H15N3O2S2/c20-15(17-8-12-4-3-7-22-12)19-9-11(10-19)21-16-18-13-5-1-2-6-14(13)23-16/h1-7,11H,8-10H2,(H,17,20). The summed E-state index contributed by atoms with van der Waals surface area (Å²) in [4.78, 5) is 19.4. The van der Waals surface area contributed by atoms with Crippen LogP contribution in [0.3, 0.4) is 0 Å². The van der Waals surface area contributed by atoms with Crippen molar-refractivity contribution in [1.82, 2.24) is 15.2 Å². The Morgan fingerprint density at radius 1 is 1.30 bits per heavy atom. The summed E-state index contributed by atoms with van der Waals surface area (Å²) in [6, 6.07) is 11.9. The van der Waals surface area contributed by atoms with Crippen LogP contribution in [0, 0.1) is 0 Å². The second-order valence-corrected chi connectivity index (χ2v) is 7.36. The number of fused-ring (bicyclic) bond motifs is 1. The van der Waals surface area contributed by atoms with Crippen LogP contribution in [0.25, 0.3) is 10.2 Å². The van der Waals surface area contributed by atoms with Crippen LogP contribution in [0.2, 0.25) is 0 Å². The molecule has 1 aromatic carbocycles. The second-order valence-electron chi connectivity index (χ2n) is 5.33. The number of carbonyl (C=O) groups excluding carboxylic acids is 1. The van der Waals surface area contributed by atoms with Crippen LogP contribution in [0.4, 0.5) is 4.79 Å². The molecule has 1 N–H and O–H groups in total. The Hall–Kier alpha value is -2.12. The summed E-state index contributed by atoms with van der Waals surface area (Å²) in [6.45, 7) is 1.79. The molecule has 1 aliphatic rings. The Labute approximate surface area is 141 Å². The van der Waals surface area contributed by atoms with Gasteiger partial charge in [0.1, 0.15) is 6.10 Å². The third-order valence-electron chi connectivity index (χ3n) is 3.67. The van der Waals surface area contributed by atoms with Crippen LogP contribution >= 0.6 is 22.7 Å². The van der Waals surface area contributed by atoms with Crippen molar-refractivity contribution >= 4 is 38.9 Å². The van der Waals surface area contributed by atoms with E-state index in [4.69, 9.17) is 4.74 Å². The summed E-state index contributed by atoms with van der Waals surface area (Å²) in [5, 5.41) is 5.60. The van der Waals surface area contributed by atoms with Crippen molar-refractivity contribution in [2.45, 2.75) is 12.6 Å². The lowest BCUT2D eigenvalue weighted by Gasteiger charge is -2.38. The maximum atomic E-state index is 12.0. The molecule has 2 amide bonds. The lowest BCUT2D eigenvalue weighted by molar-refractivity contribution is 0.0443. The predicted molar refractivity (Wildman–Crippen MR) is 92.2 cm³/mol. The number of benzene rings is 1. The number of urea groups is 1. The highest BCUT2D eigenvalue weighted by Crippen LogP contribution is 2.29. The number of nitrogens with one attached hydrogen (secondary N) is 1. The van der Waals surface area contributed by atoms with E-state index in [1.165, 1.54) is 0 Å². The predicted octanol–water partition coefficient (Wildman–Crippen LogP) is 3.33. The number of carbonyl (C=O) groups is 1. The average molecular weight is 345 g/mol. The maximum absolute atomic E-state index is 12.0. The van der Waals surface area contributed by atoms with Crippen LogP contribution in [-0.4, -0.2) is 35.1 Å². The molecule has 2 aromatic heterocycles. The first-order valence-electron chi connectivity index (χ1n) is 7.35. The van der Waals surface area contributed by atoms with Crippen molar-refractivity contribution in [3.63, 3.8) is 0 Å². The zero-order chi connectivity index (χ0) is 15.6. The molecule has 0 atom stereocenters. The Morgan fingerprint density at radius 3 is 2.96 bits per heavy atom. The molecule has 0 radical (unpaired) electrons. The number of nitrogens with zero attached hydrogens (tertiary/aromatic N) is 2. The Bertz CT molecular complexity index is 777. The molecule has 0 saturated carbocycles. The fraction of sp³-hybridized carbons (Fsp3) is 0.250. The lowest BCUT2D eigenvalue weighted by Crippen LogP contribution is -2.58. The molecule has 0 spiro atoms. The first kappa shape index (κ1) is 14.5. The number of aromatic nitrogens is 1. The molecular weight excluding hydrogens is 330 g/mol. The zero-order valence-corrected chi connectivity index (χ0v) is 13.9. The highest BCUT2D eigenvalue weighted by Gasteiger charge is 2.32. The van der Waals surface area contributed by atoms with Gasteiger partial charge in [-0.05, 0) is 23.6 Å². The van der Waals surface area contributed by atoms with Gasteiger partial charge in [-0.3, -0.25) is 0 Å². The molecule has 0 bridgehead atoms. The largest absolute Gasteiger partial charge is 0.463 e. The number of hydrogen-bond acceptors (Lipinski definition) is 5. The molecule has 3 aromatic rings. The van der Waals surface area contributed by atoms with Crippen molar-refractivity contribution < 1.29 is 9.53 Å². The lowest BCUT2D eigenvalue weighted by atomic mass is 10.2. The number of para-hydroxylation sites is 1. The quantitative estimate of drug-likeness (QED) is 0.789. The van der Waals surface area contributed by atoms with Gasteiger partial charge in [0.2, 0.25) is 0 Å². The summed E-state index contributed by atoms with van der Waals surface area (Å²) >= 11 is 3.18. The summed E-state index contributed by atoms with van der Waals surface area (Å²) in [5.74, 6) is 0. The number of hydrogen-bond donors (Lipinski definition) is 1. The Morgan fingerprint density at radius 2 is 2.17 bits per heavy atom. The molecule has 1 aliphatic heterocycles. The third kappa shape index (κ3) is 3.16. The van der Waals surface area contributed by atoms with Gasteiger partial charge >= 0.3 is 6.03 Å². The van der Waals surface area contributed by atoms with Gasteiger partial charge in [-0.15, -0.1) is 11.3 Å². The topological polar surface area (TPSA) is 54.5 Å². The zero-order valence-electron chi connectivity index (χ0n) is 12.3. The monoisotopic (exact) mass is 345 g/mol. The molecule has 4 rings (SSSR count). The normalized spacial score (nSPS) is 14.7. The van der Waals surface area contributed by atoms with Gasteiger partial charge in [0.15, 0.2) is 0 Å². The minimum atomic E-state index is -0.0393. The highest BCUT2D eigenvalue weighted by molar-refractivity contribution is 7.20. The van der Waals surface area contributed by atoms with Gasteiger partial charge < -0.3 is 15.0 Å². The first-order chi connectivity index (χ1) is 11.3. The van der Waals surface area contributed by atoms with E-state index in [9.17, 15) is 4.79 Å². The molecule has 0 unspecified atom stereocenters. The summed E-state index contributed by atoms with van der Waals surface area (Å²) < 4.78 is 6.97. The summed E-state index contributed by atoms with van der Waals surface area (Å²) in [5.41, 5.74) is 0.956. The van der Waals surface area contributed by atoms with Crippen LogP contribution in [0.5, 0.6) is 5.19 Å². The van der Waals surface area contributed by atoms with Crippen LogP contribution in [0.15, 0.2) is 41.8 Å². The second kappa shape index (κ2) is 6.17. The molecule has 1 fully saturated rings. The van der Waals surface area contributed by atoms with E-state index in [0.717, 1.165) is 15.1 Å². The van der Waals surface area contributed by atoms with E-state index in [1.807, 2.05) is 41.8 Å². The first-order valence-corrected chi connectivity index (χ1v) is 9.05. The number of ether oxygens (including phenoxy) is 1. The van der Waals surface area contributed by atoms with Crippen molar-refractivity contribution in [3.05, 3.63) is 46.7 Å². The molecule has 5 nitrogen and oxygen atoms in total. The third-order valence-corrected chi connectivity index (χ3v) is 5.47. The van der Waals surface area contributed by atoms with E-state index in [1.54, 1.807) is 27.6 Å². The number of rotatable bonds is 4. The smallest absolute Gasteiger partial charge is 0.317 e. The van der Waals surface area contributed by atoms with E-state index in [2.05, 4.69) is 10.3 Å². The minimum Gasteiger partial charge on any atom is -0.463 e. The molecule has 23 heavy (non-hydrogen) atoms. The molecule has 3 heterocycles. The van der Waals surface area contributed by atoms with Gasteiger partial charge in [-0.25, -0.2) is 9.78 Å². The van der Waals surface area contributed by atoms with Crippen molar-refractivity contribution in [2.24, 2.45) is 0 Å². The summed E-state index contributed by atoms with van der Waals surface area (Å²) in [6.07, 6.45) is 0.0306. The molecule has 7 heteroatoms. The molecule has 118 valence electrons. The van der Waals surface area contributed by atoms with Crippen LogP contribution < -0.4 is 10.1 Å². The number of amides is 2. The highest BCUT2D eigenvalue weighted by atomic mass is 32.1. The van der Waals surface area contributed by atoms with Crippen molar-refractivity contribution in [1.29, 1.82) is 0 Å². The Balaban J connectivity index is 1.27. The number of likely N-dealkylation sites (tertiary alicyclic amines) is 1. The van der Waals surface area contributed by atoms with Crippen molar-refractivity contribution in [3.8, 4) is 5.19 Å². The summed E-state index contributed by atoms with van der Waals surface area (Å²) in [7, 11) is 0. The average Bonchev–Trinajstić information content (AvgIpc) is 3.16. The van der Waals surface area contributed by atoms with Gasteiger partial charge in [0.05, 0.1) is 29.9 Å². The molecule has 1 saturated heterocycles. The van der Waals surface area contributed by atoms with Gasteiger partial charge in [-0.1, -0.05) is 29.5 Å². The van der Waals surface area contributed by atoms with E-state index >= 15 is 0 Å². The van der Waals surface area contributed by atoms with Gasteiger partial charge in [0.25, 0.3) is 5.19 Å². The van der Waals surface area contributed by atoms with Gasteiger partial charge in [-0.2, -0.15) is 0 Å². The van der Waals surface area contributed by atoms with Crippen molar-refractivity contribution in [2.75, 3.05) is 13.1 Å². The number of thiophene rings is 1. The fourth-order valence-electron chi connectivity index (χ4n) is 2.41. The number of thiazole rings is 1. The fourth-order valence-corrected chi connectivity index (χ4v) is 3.94. The molecule has 0 aliphatic carbocycles. The Kier molecular flexibility index (Phi) is 3.88. The maximum Gasteiger partial charge on any atom is 0.317 e. The van der Waals surface area contributed by atoms with E-state index in [0.29, 0.717) is 24.8 Å². The van der Waals surface area contributed by atoms with Crippen LogP contribution in [-0.2, 0) is 6.54 Å². The van der Waals surface area contributed by atoms with E-state index in [-0.39, 0.29) is 12.1 Å². The van der Waals surface area contributed by atoms with E-state index < -0.39 is 0 Å². The van der Waals surface area contributed by atoms with Gasteiger partial charge in [0, 0.05) is 4.88 Å². The SMILES string of the molecule is O=C(NCc1cccs1)N1CC(Oc2nc3ccccc3s2)C1. The minimum absolute atomic E-state index is 0.0306. The molecular formula is C16H15N3O2S2.